The van der Waals surface area contributed by atoms with Gasteiger partial charge in [-0.25, -0.2) is 0 Å². The van der Waals surface area contributed by atoms with Crippen molar-refractivity contribution in [1.82, 2.24) is 0 Å². The first-order chi connectivity index (χ1) is 33.0. The fraction of sp³-hybridized carbons (Fsp3) is 0.811. The van der Waals surface area contributed by atoms with Gasteiger partial charge in [-0.15, -0.1) is 0 Å². The molecule has 2 heterocycles. The van der Waals surface area contributed by atoms with Crippen LogP contribution in [0.4, 0.5) is 0 Å². The molecule has 0 aromatic rings. The Labute approximate surface area is 408 Å². The molecule has 7 N–H and O–H groups in total. The fourth-order valence-electron chi connectivity index (χ4n) is 7.93. The van der Waals surface area contributed by atoms with Crippen LogP contribution in [0.3, 0.4) is 0 Å². The van der Waals surface area contributed by atoms with Crippen LogP contribution in [0.2, 0.25) is 0 Å². The summed E-state index contributed by atoms with van der Waals surface area (Å²) in [5.41, 5.74) is 0. The number of aliphatic hydroxyl groups is 7. The molecular weight excluding hydrogens is 877 g/mol. The molecule has 0 bridgehead atoms. The molecule has 0 aliphatic carbocycles. The smallest absolute Gasteiger partial charge is 0.306 e. The highest BCUT2D eigenvalue weighted by atomic mass is 16.7. The van der Waals surface area contributed by atoms with Crippen LogP contribution < -0.4 is 0 Å². The molecule has 68 heavy (non-hydrogen) atoms. The zero-order valence-electron chi connectivity index (χ0n) is 41.6. The largest absolute Gasteiger partial charge is 0.462 e. The summed E-state index contributed by atoms with van der Waals surface area (Å²) in [6.07, 6.45) is 27.2. The summed E-state index contributed by atoms with van der Waals surface area (Å²) in [5.74, 6) is -1.01. The van der Waals surface area contributed by atoms with Gasteiger partial charge in [0.2, 0.25) is 0 Å². The molecule has 0 saturated carbocycles. The first-order valence-electron chi connectivity index (χ1n) is 26.2. The van der Waals surface area contributed by atoms with Crippen molar-refractivity contribution in [2.24, 2.45) is 0 Å². The minimum absolute atomic E-state index is 0.0888. The first-order valence-corrected chi connectivity index (χ1v) is 26.2. The van der Waals surface area contributed by atoms with Crippen molar-refractivity contribution in [3.8, 4) is 0 Å². The van der Waals surface area contributed by atoms with Gasteiger partial charge in [0.25, 0.3) is 0 Å². The molecule has 15 heteroatoms. The third kappa shape index (κ3) is 27.7. The number of carbonyl (C=O) groups is 2. The van der Waals surface area contributed by atoms with E-state index in [9.17, 15) is 45.3 Å². The van der Waals surface area contributed by atoms with Crippen LogP contribution in [-0.4, -0.2) is 142 Å². The van der Waals surface area contributed by atoms with Gasteiger partial charge in [0.15, 0.2) is 18.7 Å². The van der Waals surface area contributed by atoms with E-state index in [1.54, 1.807) is 0 Å². The van der Waals surface area contributed by atoms with Crippen LogP contribution in [0.1, 0.15) is 181 Å². The Bertz CT molecular complexity index is 1370. The summed E-state index contributed by atoms with van der Waals surface area (Å²) in [7, 11) is 0. The second kappa shape index (κ2) is 40.1. The van der Waals surface area contributed by atoms with Gasteiger partial charge >= 0.3 is 11.9 Å². The highest BCUT2D eigenvalue weighted by molar-refractivity contribution is 5.70. The zero-order chi connectivity index (χ0) is 49.6. The molecule has 0 aromatic carbocycles. The highest BCUT2D eigenvalue weighted by Gasteiger charge is 2.47. The maximum Gasteiger partial charge on any atom is 0.306 e. The average Bonchev–Trinajstić information content (AvgIpc) is 3.33. The van der Waals surface area contributed by atoms with E-state index >= 15 is 0 Å². The predicted molar refractivity (Wildman–Crippen MR) is 261 cm³/mol. The maximum absolute atomic E-state index is 13.0. The maximum atomic E-state index is 13.0. The Kier molecular flexibility index (Phi) is 36.3. The number of carbonyl (C=O) groups excluding carboxylic acids is 2. The lowest BCUT2D eigenvalue weighted by molar-refractivity contribution is -0.332. The van der Waals surface area contributed by atoms with Crippen molar-refractivity contribution in [3.63, 3.8) is 0 Å². The molecule has 2 aliphatic rings. The van der Waals surface area contributed by atoms with Crippen molar-refractivity contribution >= 4 is 11.9 Å². The zero-order valence-corrected chi connectivity index (χ0v) is 41.6. The molecule has 15 nitrogen and oxygen atoms in total. The van der Waals surface area contributed by atoms with Crippen molar-refractivity contribution < 1.29 is 73.8 Å². The third-order valence-corrected chi connectivity index (χ3v) is 12.3. The molecule has 2 fully saturated rings. The molecule has 0 spiro atoms. The van der Waals surface area contributed by atoms with E-state index in [-0.39, 0.29) is 19.4 Å². The molecular formula is C53H92O15. The number of aliphatic hydroxyl groups excluding tert-OH is 7. The molecule has 2 aliphatic heterocycles. The van der Waals surface area contributed by atoms with Gasteiger partial charge in [-0.3, -0.25) is 9.59 Å². The number of hydrogen-bond donors (Lipinski definition) is 7. The number of unbranched alkanes of at least 4 members (excludes halogenated alkanes) is 18. The quantitative estimate of drug-likeness (QED) is 0.0179. The van der Waals surface area contributed by atoms with E-state index in [1.165, 1.54) is 96.3 Å². The number of allylic oxidation sites excluding steroid dienone is 8. The number of hydrogen-bond acceptors (Lipinski definition) is 15. The van der Waals surface area contributed by atoms with E-state index < -0.39 is 99.3 Å². The summed E-state index contributed by atoms with van der Waals surface area (Å²) in [6, 6.07) is 0. The molecule has 2 rings (SSSR count). The minimum Gasteiger partial charge on any atom is -0.462 e. The van der Waals surface area contributed by atoms with Gasteiger partial charge in [0.05, 0.1) is 19.8 Å². The SMILES string of the molecule is CCCCCCCC/C=C/C/C=C/C/C=C/CCCC(=O)O[C@H](COC(=O)CCCC/C=C/CCCCCCCCCCC)CO[C@H]1O[C@@H](CO[C@H]2O[C@@H](CO)[C@@H](O)C(O)C2O)[C@@H](O)C(O)C1O. The molecule has 11 atom stereocenters. The molecule has 394 valence electrons. The highest BCUT2D eigenvalue weighted by Crippen LogP contribution is 2.26. The van der Waals surface area contributed by atoms with Crippen molar-refractivity contribution in [1.29, 1.82) is 0 Å². The van der Waals surface area contributed by atoms with Gasteiger partial charge in [-0.2, -0.15) is 0 Å². The van der Waals surface area contributed by atoms with Gasteiger partial charge in [0.1, 0.15) is 55.4 Å². The van der Waals surface area contributed by atoms with Gasteiger partial charge in [-0.05, 0) is 70.6 Å². The van der Waals surface area contributed by atoms with E-state index in [4.69, 9.17) is 28.4 Å². The summed E-state index contributed by atoms with van der Waals surface area (Å²) in [6.45, 7) is 2.51. The lowest BCUT2D eigenvalue weighted by Gasteiger charge is -2.42. The summed E-state index contributed by atoms with van der Waals surface area (Å²) in [5, 5.41) is 72.1. The predicted octanol–water partition coefficient (Wildman–Crippen LogP) is 7.49. The van der Waals surface area contributed by atoms with Crippen LogP contribution in [-0.2, 0) is 38.0 Å². The third-order valence-electron chi connectivity index (χ3n) is 12.3. The molecule has 0 radical (unpaired) electrons. The lowest BCUT2D eigenvalue weighted by Crippen LogP contribution is -2.61. The fourth-order valence-corrected chi connectivity index (χ4v) is 7.93. The van der Waals surface area contributed by atoms with Crippen molar-refractivity contribution in [3.05, 3.63) is 48.6 Å². The van der Waals surface area contributed by atoms with Crippen LogP contribution in [0, 0.1) is 0 Å². The Balaban J connectivity index is 1.84. The van der Waals surface area contributed by atoms with Crippen LogP contribution in [0.15, 0.2) is 48.6 Å². The van der Waals surface area contributed by atoms with Gasteiger partial charge in [0, 0.05) is 12.8 Å². The van der Waals surface area contributed by atoms with E-state index in [0.29, 0.717) is 19.3 Å². The molecule has 0 amide bonds. The second-order valence-electron chi connectivity index (χ2n) is 18.3. The number of ether oxygens (including phenoxy) is 6. The van der Waals surface area contributed by atoms with E-state index in [0.717, 1.165) is 38.5 Å². The van der Waals surface area contributed by atoms with Crippen LogP contribution >= 0.6 is 0 Å². The summed E-state index contributed by atoms with van der Waals surface area (Å²) >= 11 is 0. The molecule has 0 aromatic heterocycles. The standard InChI is InChI=1S/C53H92O15/c1-3-5-7-9-11-13-15-17-19-20-22-24-26-28-30-32-34-36-45(56)66-41(38-63-44(55)35-33-31-29-27-25-23-21-18-16-14-12-10-8-6-4-2)39-64-52-51(62)49(60)47(58)43(68-52)40-65-53-50(61)48(59)46(57)42(37-54)67-53/h17,19,22,24-25,27-28,30,41-43,46-54,57-62H,3-16,18,20-21,23,26,29,31-40H2,1-2H3/b19-17+,24-22+,27-25+,30-28+/t41-,42+,43+,46-,47-,48?,49?,50?,51?,52+,53+/m1/s1. The van der Waals surface area contributed by atoms with E-state index in [2.05, 4.69) is 56.4 Å². The lowest BCUT2D eigenvalue weighted by atomic mass is 9.98. The monoisotopic (exact) mass is 969 g/mol. The Morgan fingerprint density at radius 2 is 0.897 bits per heavy atom. The normalized spacial score (nSPS) is 26.1. The van der Waals surface area contributed by atoms with Crippen molar-refractivity contribution in [2.45, 2.75) is 248 Å². The van der Waals surface area contributed by atoms with Crippen LogP contribution in [0.25, 0.3) is 0 Å². The molecule has 2 saturated heterocycles. The number of rotatable bonds is 40. The van der Waals surface area contributed by atoms with E-state index in [1.807, 2.05) is 6.08 Å². The van der Waals surface area contributed by atoms with Gasteiger partial charge < -0.3 is 64.2 Å². The topological polar surface area (TPSA) is 231 Å². The Morgan fingerprint density at radius 1 is 0.471 bits per heavy atom. The Morgan fingerprint density at radius 3 is 1.44 bits per heavy atom. The van der Waals surface area contributed by atoms with Gasteiger partial charge in [-0.1, -0.05) is 146 Å². The molecule has 4 unspecified atom stereocenters. The summed E-state index contributed by atoms with van der Waals surface area (Å²) < 4.78 is 33.5. The minimum atomic E-state index is -1.78. The average molecular weight is 969 g/mol. The second-order valence-corrected chi connectivity index (χ2v) is 18.3. The van der Waals surface area contributed by atoms with Crippen molar-refractivity contribution in [2.75, 3.05) is 26.4 Å². The Hall–Kier alpha value is -2.54. The first kappa shape index (κ1) is 61.6. The summed E-state index contributed by atoms with van der Waals surface area (Å²) in [4.78, 5) is 25.7. The number of esters is 2. The van der Waals surface area contributed by atoms with Crippen LogP contribution in [0.5, 0.6) is 0 Å².